The van der Waals surface area contributed by atoms with Crippen LogP contribution in [0.4, 0.5) is 5.69 Å². The number of hydrogen-bond acceptors (Lipinski definition) is 1. The summed E-state index contributed by atoms with van der Waals surface area (Å²) in [5.74, 6) is 0. The van der Waals surface area contributed by atoms with Crippen LogP contribution in [0.3, 0.4) is 0 Å². The fraction of sp³-hybridized carbons (Fsp3) is 0.400. The maximum Gasteiger partial charge on any atom is 0.0390 e. The van der Waals surface area contributed by atoms with Gasteiger partial charge in [-0.05, 0) is 53.1 Å². The summed E-state index contributed by atoms with van der Waals surface area (Å²) < 4.78 is 1.33. The first-order valence-electron chi connectivity index (χ1n) is 4.34. The first-order valence-corrected chi connectivity index (χ1v) is 5.42. The molecule has 0 amide bonds. The molecule has 0 bridgehead atoms. The molecule has 12 heavy (non-hydrogen) atoms. The summed E-state index contributed by atoms with van der Waals surface area (Å²) in [5.41, 5.74) is 3.49. The molecule has 1 N–H and O–H groups in total. The maximum absolute atomic E-state index is 3.49. The third-order valence-corrected chi connectivity index (χ3v) is 3.69. The SMILES string of the molecule is Ic1ccc2c(c1)NCC21CC1. The first-order chi connectivity index (χ1) is 5.80. The van der Waals surface area contributed by atoms with E-state index in [4.69, 9.17) is 0 Å². The average molecular weight is 271 g/mol. The Balaban J connectivity index is 2.18. The van der Waals surface area contributed by atoms with Crippen molar-refractivity contribution in [2.24, 2.45) is 0 Å². The quantitative estimate of drug-likeness (QED) is 0.715. The molecule has 0 saturated heterocycles. The summed E-state index contributed by atoms with van der Waals surface area (Å²) in [6.45, 7) is 1.17. The van der Waals surface area contributed by atoms with E-state index in [0.717, 1.165) is 0 Å². The van der Waals surface area contributed by atoms with Gasteiger partial charge in [-0.1, -0.05) is 6.07 Å². The molecule has 62 valence electrons. The number of nitrogens with one attached hydrogen (secondary N) is 1. The van der Waals surface area contributed by atoms with Crippen molar-refractivity contribution in [1.82, 2.24) is 0 Å². The molecule has 1 aromatic carbocycles. The van der Waals surface area contributed by atoms with E-state index in [2.05, 4.69) is 46.1 Å². The molecule has 1 aromatic rings. The molecule has 1 heterocycles. The van der Waals surface area contributed by atoms with Gasteiger partial charge in [-0.2, -0.15) is 0 Å². The number of hydrogen-bond donors (Lipinski definition) is 1. The molecule has 1 aliphatic heterocycles. The number of halogens is 1. The van der Waals surface area contributed by atoms with Gasteiger partial charge in [0.25, 0.3) is 0 Å². The molecule has 0 radical (unpaired) electrons. The van der Waals surface area contributed by atoms with Gasteiger partial charge in [-0.25, -0.2) is 0 Å². The van der Waals surface area contributed by atoms with E-state index in [0.29, 0.717) is 5.41 Å². The van der Waals surface area contributed by atoms with E-state index in [1.807, 2.05) is 0 Å². The molecule has 1 saturated carbocycles. The molecule has 0 atom stereocenters. The third kappa shape index (κ3) is 0.843. The Labute approximate surface area is 85.7 Å². The van der Waals surface area contributed by atoms with Gasteiger partial charge in [-0.3, -0.25) is 0 Å². The fourth-order valence-corrected chi connectivity index (χ4v) is 2.57. The smallest absolute Gasteiger partial charge is 0.0390 e. The summed E-state index contributed by atoms with van der Waals surface area (Å²) in [5, 5.41) is 3.49. The van der Waals surface area contributed by atoms with Crippen molar-refractivity contribution >= 4 is 28.3 Å². The predicted molar refractivity (Wildman–Crippen MR) is 58.6 cm³/mol. The van der Waals surface area contributed by atoms with Crippen molar-refractivity contribution in [3.8, 4) is 0 Å². The van der Waals surface area contributed by atoms with Crippen LogP contribution in [-0.4, -0.2) is 6.54 Å². The minimum absolute atomic E-state index is 0.555. The van der Waals surface area contributed by atoms with Gasteiger partial charge >= 0.3 is 0 Å². The van der Waals surface area contributed by atoms with Crippen LogP contribution in [0.15, 0.2) is 18.2 Å². The monoisotopic (exact) mass is 271 g/mol. The lowest BCUT2D eigenvalue weighted by Crippen LogP contribution is -2.07. The molecular formula is C10H10IN. The normalized spacial score (nSPS) is 22.1. The minimum atomic E-state index is 0.555. The molecule has 2 aliphatic rings. The molecule has 1 nitrogen and oxygen atoms in total. The number of anilines is 1. The summed E-state index contributed by atoms with van der Waals surface area (Å²) in [4.78, 5) is 0. The first kappa shape index (κ1) is 7.18. The molecule has 1 aliphatic carbocycles. The Morgan fingerprint density at radius 2 is 2.17 bits per heavy atom. The van der Waals surface area contributed by atoms with E-state index < -0.39 is 0 Å². The highest BCUT2D eigenvalue weighted by Gasteiger charge is 2.48. The molecule has 0 aromatic heterocycles. The number of rotatable bonds is 0. The van der Waals surface area contributed by atoms with Gasteiger partial charge in [0, 0.05) is 21.2 Å². The largest absolute Gasteiger partial charge is 0.384 e. The number of benzene rings is 1. The third-order valence-electron chi connectivity index (χ3n) is 3.02. The van der Waals surface area contributed by atoms with Crippen LogP contribution in [0, 0.1) is 3.57 Å². The lowest BCUT2D eigenvalue weighted by atomic mass is 9.99. The Bertz CT molecular complexity index is 342. The van der Waals surface area contributed by atoms with Crippen molar-refractivity contribution in [2.45, 2.75) is 18.3 Å². The highest BCUT2D eigenvalue weighted by Crippen LogP contribution is 2.54. The van der Waals surface area contributed by atoms with E-state index in [-0.39, 0.29) is 0 Å². The zero-order valence-electron chi connectivity index (χ0n) is 6.73. The summed E-state index contributed by atoms with van der Waals surface area (Å²) in [6, 6.07) is 6.76. The van der Waals surface area contributed by atoms with E-state index in [1.165, 1.54) is 28.6 Å². The predicted octanol–water partition coefficient (Wildman–Crippen LogP) is 2.75. The number of fused-ring (bicyclic) bond motifs is 2. The topological polar surface area (TPSA) is 12.0 Å². The Hall–Kier alpha value is -0.250. The molecule has 2 heteroatoms. The van der Waals surface area contributed by atoms with Gasteiger partial charge in [0.1, 0.15) is 0 Å². The summed E-state index contributed by atoms with van der Waals surface area (Å²) in [6.07, 6.45) is 2.77. The molecular weight excluding hydrogens is 261 g/mol. The maximum atomic E-state index is 3.49. The highest BCUT2D eigenvalue weighted by molar-refractivity contribution is 14.1. The zero-order valence-corrected chi connectivity index (χ0v) is 8.89. The van der Waals surface area contributed by atoms with Gasteiger partial charge in [0.05, 0.1) is 0 Å². The average Bonchev–Trinajstić information content (AvgIpc) is 2.73. The standard InChI is InChI=1S/C10H10IN/c11-7-1-2-8-9(5-7)12-6-10(8)3-4-10/h1-2,5,12H,3-4,6H2. The fourth-order valence-electron chi connectivity index (χ4n) is 2.08. The molecule has 1 spiro atoms. The van der Waals surface area contributed by atoms with Gasteiger partial charge in [0.2, 0.25) is 0 Å². The second kappa shape index (κ2) is 2.16. The van der Waals surface area contributed by atoms with Crippen LogP contribution in [0.5, 0.6) is 0 Å². The van der Waals surface area contributed by atoms with Crippen LogP contribution < -0.4 is 5.32 Å². The molecule has 1 fully saturated rings. The summed E-state index contributed by atoms with van der Waals surface area (Å²) >= 11 is 2.37. The van der Waals surface area contributed by atoms with E-state index in [9.17, 15) is 0 Å². The highest BCUT2D eigenvalue weighted by atomic mass is 127. The lowest BCUT2D eigenvalue weighted by Gasteiger charge is -2.04. The Kier molecular flexibility index (Phi) is 1.29. The van der Waals surface area contributed by atoms with Crippen LogP contribution in [0.2, 0.25) is 0 Å². The van der Waals surface area contributed by atoms with Gasteiger partial charge < -0.3 is 5.32 Å². The minimum Gasteiger partial charge on any atom is -0.384 e. The second-order valence-electron chi connectivity index (χ2n) is 3.82. The molecule has 0 unspecified atom stereocenters. The summed E-state index contributed by atoms with van der Waals surface area (Å²) in [7, 11) is 0. The lowest BCUT2D eigenvalue weighted by molar-refractivity contribution is 0.778. The van der Waals surface area contributed by atoms with Crippen LogP contribution in [0.25, 0.3) is 0 Å². The van der Waals surface area contributed by atoms with Crippen molar-refractivity contribution in [2.75, 3.05) is 11.9 Å². The zero-order chi connectivity index (χ0) is 8.18. The Morgan fingerprint density at radius 1 is 1.33 bits per heavy atom. The molecule has 3 rings (SSSR count). The van der Waals surface area contributed by atoms with Crippen molar-refractivity contribution in [3.63, 3.8) is 0 Å². The van der Waals surface area contributed by atoms with Gasteiger partial charge in [0.15, 0.2) is 0 Å². The van der Waals surface area contributed by atoms with Crippen LogP contribution >= 0.6 is 22.6 Å². The van der Waals surface area contributed by atoms with E-state index >= 15 is 0 Å². The Morgan fingerprint density at radius 3 is 2.92 bits per heavy atom. The van der Waals surface area contributed by atoms with Crippen molar-refractivity contribution in [3.05, 3.63) is 27.3 Å². The van der Waals surface area contributed by atoms with E-state index in [1.54, 1.807) is 5.56 Å². The second-order valence-corrected chi connectivity index (χ2v) is 5.07. The van der Waals surface area contributed by atoms with Crippen molar-refractivity contribution in [1.29, 1.82) is 0 Å². The van der Waals surface area contributed by atoms with Crippen LogP contribution in [-0.2, 0) is 5.41 Å². The van der Waals surface area contributed by atoms with Crippen LogP contribution in [0.1, 0.15) is 18.4 Å². The van der Waals surface area contributed by atoms with Gasteiger partial charge in [-0.15, -0.1) is 0 Å². The van der Waals surface area contributed by atoms with Crippen molar-refractivity contribution < 1.29 is 0 Å².